The molecule has 4 aromatic rings. The highest BCUT2D eigenvalue weighted by Crippen LogP contribution is 2.30. The van der Waals surface area contributed by atoms with Crippen molar-refractivity contribution in [2.24, 2.45) is 5.14 Å². The van der Waals surface area contributed by atoms with E-state index in [1.807, 2.05) is 36.4 Å². The van der Waals surface area contributed by atoms with Gasteiger partial charge < -0.3 is 0 Å². The molecule has 0 spiro atoms. The van der Waals surface area contributed by atoms with Crippen LogP contribution in [0, 0.1) is 0 Å². The number of hydrogen-bond donors (Lipinski definition) is 1. The maximum Gasteiger partial charge on any atom is 0.238 e. The quantitative estimate of drug-likeness (QED) is 0.413. The number of pyridine rings is 1. The van der Waals surface area contributed by atoms with Crippen LogP contribution in [0.3, 0.4) is 0 Å². The number of rotatable bonds is 5. The normalized spacial score (nSPS) is 12.0. The van der Waals surface area contributed by atoms with Gasteiger partial charge in [-0.15, -0.1) is 0 Å². The van der Waals surface area contributed by atoms with Crippen LogP contribution >= 0.6 is 0 Å². The lowest BCUT2D eigenvalue weighted by Gasteiger charge is -2.21. The van der Waals surface area contributed by atoms with E-state index in [0.29, 0.717) is 6.54 Å². The summed E-state index contributed by atoms with van der Waals surface area (Å²) in [5, 5.41) is 5.28. The van der Waals surface area contributed by atoms with Crippen molar-refractivity contribution in [3.05, 3.63) is 108 Å². The molecule has 33 heavy (non-hydrogen) atoms. The number of nitrogens with zero attached hydrogens (tertiary/aromatic N) is 1. The fourth-order valence-electron chi connectivity index (χ4n) is 4.03. The van der Waals surface area contributed by atoms with Crippen LogP contribution in [0.15, 0.2) is 102 Å². The molecule has 0 unspecified atom stereocenters. The molecule has 0 aliphatic heterocycles. The Hall–Kier alpha value is -3.28. The molecule has 2 N–H and O–H groups in total. The Morgan fingerprint density at radius 3 is 1.79 bits per heavy atom. The van der Waals surface area contributed by atoms with Gasteiger partial charge in [-0.3, -0.25) is 0 Å². The standard InChI is InChI=1S/C28H29N2O2S/c1-28(2,3)27-19-24(22-10-6-4-7-11-22)18-26(23-12-8-5-9-13-23)30(27)20-21-14-16-25(17-15-21)33(29,31)32/h4-19H,20H2,1-3H3,(H2,29,31,32)/q+1. The van der Waals surface area contributed by atoms with Crippen LogP contribution < -0.4 is 9.71 Å². The number of aromatic nitrogens is 1. The van der Waals surface area contributed by atoms with E-state index >= 15 is 0 Å². The van der Waals surface area contributed by atoms with E-state index in [1.54, 1.807) is 12.1 Å². The highest BCUT2D eigenvalue weighted by atomic mass is 32.2. The molecule has 0 saturated heterocycles. The number of primary sulfonamides is 1. The second-order valence-corrected chi connectivity index (χ2v) is 10.8. The molecule has 4 nitrogen and oxygen atoms in total. The molecular weight excluding hydrogens is 428 g/mol. The molecule has 1 heterocycles. The number of benzene rings is 3. The number of hydrogen-bond acceptors (Lipinski definition) is 2. The molecule has 3 aromatic carbocycles. The molecule has 0 fully saturated rings. The predicted octanol–water partition coefficient (Wildman–Crippen LogP) is 5.30. The van der Waals surface area contributed by atoms with Gasteiger partial charge in [0, 0.05) is 28.7 Å². The van der Waals surface area contributed by atoms with Gasteiger partial charge in [0.05, 0.1) is 4.90 Å². The Balaban J connectivity index is 1.92. The van der Waals surface area contributed by atoms with Gasteiger partial charge in [-0.1, -0.05) is 81.4 Å². The second-order valence-electron chi connectivity index (χ2n) is 9.27. The molecule has 0 radical (unpaired) electrons. The number of sulfonamides is 1. The minimum Gasteiger partial charge on any atom is -0.225 e. The smallest absolute Gasteiger partial charge is 0.225 e. The zero-order valence-electron chi connectivity index (χ0n) is 19.2. The van der Waals surface area contributed by atoms with E-state index in [4.69, 9.17) is 5.14 Å². The maximum atomic E-state index is 11.7. The second kappa shape index (κ2) is 8.93. The summed E-state index contributed by atoms with van der Waals surface area (Å²) in [6.07, 6.45) is 0. The molecule has 0 atom stereocenters. The summed E-state index contributed by atoms with van der Waals surface area (Å²) in [5.74, 6) is 0. The van der Waals surface area contributed by atoms with Gasteiger partial charge in [0.15, 0.2) is 12.2 Å². The zero-order chi connectivity index (χ0) is 23.6. The molecule has 0 amide bonds. The summed E-state index contributed by atoms with van der Waals surface area (Å²) in [6.45, 7) is 7.25. The predicted molar refractivity (Wildman–Crippen MR) is 133 cm³/mol. The molecule has 5 heteroatoms. The maximum absolute atomic E-state index is 11.7. The molecule has 0 aliphatic carbocycles. The SMILES string of the molecule is CC(C)(C)c1cc(-c2ccccc2)cc(-c2ccccc2)[n+]1Cc1ccc(S(N)(=O)=O)cc1. The number of nitrogens with two attached hydrogens (primary N) is 1. The van der Waals surface area contributed by atoms with Crippen molar-refractivity contribution >= 4 is 10.0 Å². The lowest BCUT2D eigenvalue weighted by molar-refractivity contribution is -0.688. The first-order valence-electron chi connectivity index (χ1n) is 10.9. The van der Waals surface area contributed by atoms with Crippen molar-refractivity contribution in [2.45, 2.75) is 37.6 Å². The summed E-state index contributed by atoms with van der Waals surface area (Å²) in [4.78, 5) is 0.120. The highest BCUT2D eigenvalue weighted by molar-refractivity contribution is 7.89. The monoisotopic (exact) mass is 457 g/mol. The van der Waals surface area contributed by atoms with Crippen LogP contribution in [0.1, 0.15) is 32.0 Å². The average molecular weight is 458 g/mol. The average Bonchev–Trinajstić information content (AvgIpc) is 2.79. The van der Waals surface area contributed by atoms with Crippen LogP contribution in [-0.4, -0.2) is 8.42 Å². The summed E-state index contributed by atoms with van der Waals surface area (Å²) in [6, 6.07) is 32.1. The summed E-state index contributed by atoms with van der Waals surface area (Å²) < 4.78 is 25.7. The van der Waals surface area contributed by atoms with Crippen LogP contribution in [0.4, 0.5) is 0 Å². The minimum absolute atomic E-state index is 0.116. The molecule has 0 aliphatic rings. The van der Waals surface area contributed by atoms with Crippen molar-refractivity contribution in [1.29, 1.82) is 0 Å². The first-order valence-corrected chi connectivity index (χ1v) is 12.5. The Morgan fingerprint density at radius 2 is 1.27 bits per heavy atom. The topological polar surface area (TPSA) is 64.0 Å². The Morgan fingerprint density at radius 1 is 0.727 bits per heavy atom. The highest BCUT2D eigenvalue weighted by Gasteiger charge is 2.30. The summed E-state index contributed by atoms with van der Waals surface area (Å²) in [7, 11) is -3.72. The molecule has 1 aromatic heterocycles. The van der Waals surface area contributed by atoms with Crippen molar-refractivity contribution in [3.63, 3.8) is 0 Å². The van der Waals surface area contributed by atoms with Crippen LogP contribution in [-0.2, 0) is 22.0 Å². The summed E-state index contributed by atoms with van der Waals surface area (Å²) in [5.41, 5.74) is 6.65. The fraction of sp³-hybridized carbons (Fsp3) is 0.179. The lowest BCUT2D eigenvalue weighted by Crippen LogP contribution is -2.45. The zero-order valence-corrected chi connectivity index (χ0v) is 20.0. The van der Waals surface area contributed by atoms with Crippen LogP contribution in [0.5, 0.6) is 0 Å². The van der Waals surface area contributed by atoms with Gasteiger partial charge in [0.2, 0.25) is 15.7 Å². The van der Waals surface area contributed by atoms with E-state index in [1.165, 1.54) is 16.8 Å². The van der Waals surface area contributed by atoms with E-state index in [0.717, 1.165) is 16.8 Å². The minimum atomic E-state index is -3.72. The van der Waals surface area contributed by atoms with E-state index in [9.17, 15) is 8.42 Å². The van der Waals surface area contributed by atoms with Gasteiger partial charge in [-0.05, 0) is 35.4 Å². The van der Waals surface area contributed by atoms with Gasteiger partial charge in [0.1, 0.15) is 0 Å². The molecule has 168 valence electrons. The molecular formula is C28H29N2O2S+. The van der Waals surface area contributed by atoms with E-state index < -0.39 is 10.0 Å². The lowest BCUT2D eigenvalue weighted by atomic mass is 9.88. The third-order valence-electron chi connectivity index (χ3n) is 5.70. The van der Waals surface area contributed by atoms with Gasteiger partial charge >= 0.3 is 0 Å². The largest absolute Gasteiger partial charge is 0.238 e. The Labute approximate surface area is 196 Å². The van der Waals surface area contributed by atoms with Gasteiger partial charge in [-0.25, -0.2) is 13.6 Å². The Bertz CT molecular complexity index is 1360. The van der Waals surface area contributed by atoms with Crippen molar-refractivity contribution in [1.82, 2.24) is 0 Å². The van der Waals surface area contributed by atoms with Crippen molar-refractivity contribution < 1.29 is 13.0 Å². The van der Waals surface area contributed by atoms with E-state index in [-0.39, 0.29) is 10.3 Å². The Kier molecular flexibility index (Phi) is 6.19. The fourth-order valence-corrected chi connectivity index (χ4v) is 4.54. The third kappa shape index (κ3) is 5.21. The van der Waals surface area contributed by atoms with E-state index in [2.05, 4.69) is 73.9 Å². The van der Waals surface area contributed by atoms with Crippen LogP contribution in [0.2, 0.25) is 0 Å². The van der Waals surface area contributed by atoms with Crippen LogP contribution in [0.25, 0.3) is 22.4 Å². The van der Waals surface area contributed by atoms with Crippen molar-refractivity contribution in [2.75, 3.05) is 0 Å². The first kappa shape index (κ1) is 22.9. The summed E-state index contributed by atoms with van der Waals surface area (Å²) >= 11 is 0. The van der Waals surface area contributed by atoms with Gasteiger partial charge in [0.25, 0.3) is 0 Å². The molecule has 4 rings (SSSR count). The van der Waals surface area contributed by atoms with Gasteiger partial charge in [-0.2, -0.15) is 4.57 Å². The molecule has 0 saturated carbocycles. The first-order chi connectivity index (χ1) is 15.6. The third-order valence-corrected chi connectivity index (χ3v) is 6.63. The van der Waals surface area contributed by atoms with Crippen molar-refractivity contribution in [3.8, 4) is 22.4 Å². The molecule has 0 bridgehead atoms.